The molecule has 2 bridgehead atoms. The SMILES string of the molecule is O=C(CNCC1CC1)NCC1CC2c3ccccc3C1c1ccccc12. The third-order valence-electron chi connectivity index (χ3n) is 6.40. The molecular weight excluding hydrogens is 320 g/mol. The van der Waals surface area contributed by atoms with Crippen LogP contribution in [0.15, 0.2) is 48.5 Å². The van der Waals surface area contributed by atoms with Gasteiger partial charge in [0.25, 0.3) is 0 Å². The monoisotopic (exact) mass is 346 g/mol. The summed E-state index contributed by atoms with van der Waals surface area (Å²) in [5, 5.41) is 6.48. The Morgan fingerprint density at radius 2 is 1.50 bits per heavy atom. The molecule has 2 aromatic carbocycles. The van der Waals surface area contributed by atoms with Gasteiger partial charge in [0.2, 0.25) is 5.91 Å². The van der Waals surface area contributed by atoms with Crippen molar-refractivity contribution in [3.05, 3.63) is 70.8 Å². The zero-order valence-electron chi connectivity index (χ0n) is 15.1. The number of rotatable bonds is 6. The standard InChI is InChI=1S/C23H26N2O/c26-22(14-24-12-15-9-10-15)25-13-16-11-21-17-5-1-3-7-19(17)23(16)20-8-4-2-6-18(20)21/h1-8,15-16,21,23-24H,9-14H2,(H,25,26). The van der Waals surface area contributed by atoms with Gasteiger partial charge in [0.15, 0.2) is 0 Å². The van der Waals surface area contributed by atoms with E-state index in [1.807, 2.05) is 0 Å². The summed E-state index contributed by atoms with van der Waals surface area (Å²) in [6.07, 6.45) is 3.77. The van der Waals surface area contributed by atoms with Crippen LogP contribution >= 0.6 is 0 Å². The lowest BCUT2D eigenvalue weighted by Gasteiger charge is -2.45. The zero-order chi connectivity index (χ0) is 17.5. The van der Waals surface area contributed by atoms with Crippen LogP contribution in [0, 0.1) is 11.8 Å². The van der Waals surface area contributed by atoms with Crippen molar-refractivity contribution in [2.45, 2.75) is 31.1 Å². The first-order valence-corrected chi connectivity index (χ1v) is 9.96. The fourth-order valence-corrected chi connectivity index (χ4v) is 4.98. The van der Waals surface area contributed by atoms with Gasteiger partial charge in [0.05, 0.1) is 6.54 Å². The summed E-state index contributed by atoms with van der Waals surface area (Å²) in [6, 6.07) is 17.8. The highest BCUT2D eigenvalue weighted by atomic mass is 16.1. The van der Waals surface area contributed by atoms with Crippen LogP contribution in [-0.4, -0.2) is 25.5 Å². The molecule has 0 aromatic heterocycles. The van der Waals surface area contributed by atoms with E-state index in [1.165, 1.54) is 35.1 Å². The van der Waals surface area contributed by atoms with Crippen molar-refractivity contribution in [3.8, 4) is 0 Å². The van der Waals surface area contributed by atoms with Crippen LogP contribution in [0.25, 0.3) is 0 Å². The van der Waals surface area contributed by atoms with Crippen molar-refractivity contribution in [1.29, 1.82) is 0 Å². The van der Waals surface area contributed by atoms with Gasteiger partial charge in [-0.25, -0.2) is 0 Å². The van der Waals surface area contributed by atoms with Crippen molar-refractivity contribution >= 4 is 5.91 Å². The Kier molecular flexibility index (Phi) is 4.05. The summed E-state index contributed by atoms with van der Waals surface area (Å²) in [5.74, 6) is 2.31. The fourth-order valence-electron chi connectivity index (χ4n) is 4.98. The topological polar surface area (TPSA) is 41.1 Å². The molecule has 0 radical (unpaired) electrons. The summed E-state index contributed by atoms with van der Waals surface area (Å²) in [5.41, 5.74) is 5.91. The average Bonchev–Trinajstić information content (AvgIpc) is 3.51. The normalized spacial score (nSPS) is 25.5. The Bertz CT molecular complexity index is 779. The molecule has 1 saturated carbocycles. The molecule has 1 atom stereocenters. The Labute approximate surface area is 155 Å². The molecule has 3 nitrogen and oxygen atoms in total. The van der Waals surface area contributed by atoms with Crippen LogP contribution in [0.5, 0.6) is 0 Å². The first kappa shape index (κ1) is 16.1. The Morgan fingerprint density at radius 1 is 0.885 bits per heavy atom. The predicted molar refractivity (Wildman–Crippen MR) is 103 cm³/mol. The smallest absolute Gasteiger partial charge is 0.233 e. The molecule has 4 aliphatic carbocycles. The number of carbonyl (C=O) groups excluding carboxylic acids is 1. The maximum absolute atomic E-state index is 12.2. The molecule has 2 aromatic rings. The third kappa shape index (κ3) is 2.84. The lowest BCUT2D eigenvalue weighted by atomic mass is 9.59. The van der Waals surface area contributed by atoms with Gasteiger partial charge in [0, 0.05) is 18.4 Å². The number of hydrogen-bond donors (Lipinski definition) is 2. The minimum absolute atomic E-state index is 0.133. The lowest BCUT2D eigenvalue weighted by Crippen LogP contribution is -2.42. The van der Waals surface area contributed by atoms with Crippen LogP contribution < -0.4 is 10.6 Å². The summed E-state index contributed by atoms with van der Waals surface area (Å²) < 4.78 is 0. The molecule has 0 spiro atoms. The highest BCUT2D eigenvalue weighted by molar-refractivity contribution is 5.78. The van der Waals surface area contributed by atoms with Crippen LogP contribution in [0.2, 0.25) is 0 Å². The minimum Gasteiger partial charge on any atom is -0.355 e. The Morgan fingerprint density at radius 3 is 2.12 bits per heavy atom. The maximum Gasteiger partial charge on any atom is 0.233 e. The Hall–Kier alpha value is -2.13. The van der Waals surface area contributed by atoms with Gasteiger partial charge >= 0.3 is 0 Å². The molecule has 26 heavy (non-hydrogen) atoms. The van der Waals surface area contributed by atoms with Gasteiger partial charge in [-0.2, -0.15) is 0 Å². The average molecular weight is 346 g/mol. The highest BCUT2D eigenvalue weighted by Gasteiger charge is 2.42. The second-order valence-electron chi connectivity index (χ2n) is 8.16. The van der Waals surface area contributed by atoms with Crippen LogP contribution in [-0.2, 0) is 4.79 Å². The molecule has 4 aliphatic rings. The molecule has 0 saturated heterocycles. The number of fused-ring (bicyclic) bond motifs is 1. The molecule has 0 heterocycles. The van der Waals surface area contributed by atoms with Crippen molar-refractivity contribution in [2.24, 2.45) is 11.8 Å². The molecule has 6 rings (SSSR count). The second-order valence-corrected chi connectivity index (χ2v) is 8.16. The number of hydrogen-bond acceptors (Lipinski definition) is 2. The van der Waals surface area contributed by atoms with E-state index >= 15 is 0 Å². The molecule has 134 valence electrons. The van der Waals surface area contributed by atoms with Crippen molar-refractivity contribution in [3.63, 3.8) is 0 Å². The second kappa shape index (κ2) is 6.55. The fraction of sp³-hybridized carbons (Fsp3) is 0.435. The predicted octanol–water partition coefficient (Wildman–Crippen LogP) is 3.40. The number of carbonyl (C=O) groups is 1. The summed E-state index contributed by atoms with van der Waals surface area (Å²) >= 11 is 0. The number of amides is 1. The van der Waals surface area contributed by atoms with E-state index in [2.05, 4.69) is 59.2 Å². The van der Waals surface area contributed by atoms with Gasteiger partial charge in [-0.05, 0) is 59.9 Å². The summed E-state index contributed by atoms with van der Waals surface area (Å²) in [7, 11) is 0. The van der Waals surface area contributed by atoms with E-state index in [-0.39, 0.29) is 5.91 Å². The van der Waals surface area contributed by atoms with Gasteiger partial charge in [-0.1, -0.05) is 48.5 Å². The van der Waals surface area contributed by atoms with Gasteiger partial charge in [-0.3, -0.25) is 4.79 Å². The van der Waals surface area contributed by atoms with Gasteiger partial charge < -0.3 is 10.6 Å². The van der Waals surface area contributed by atoms with Gasteiger partial charge in [0.1, 0.15) is 0 Å². The van der Waals surface area contributed by atoms with E-state index in [0.717, 1.165) is 25.4 Å². The van der Waals surface area contributed by atoms with Crippen LogP contribution in [0.4, 0.5) is 0 Å². The van der Waals surface area contributed by atoms with Crippen LogP contribution in [0.1, 0.15) is 53.4 Å². The van der Waals surface area contributed by atoms with E-state index < -0.39 is 0 Å². The highest BCUT2D eigenvalue weighted by Crippen LogP contribution is 2.55. The van der Waals surface area contributed by atoms with E-state index in [1.54, 1.807) is 0 Å². The van der Waals surface area contributed by atoms with E-state index in [0.29, 0.717) is 24.3 Å². The molecule has 1 fully saturated rings. The minimum atomic E-state index is 0.133. The van der Waals surface area contributed by atoms with Crippen LogP contribution in [0.3, 0.4) is 0 Å². The summed E-state index contributed by atoms with van der Waals surface area (Å²) in [4.78, 5) is 12.2. The number of benzene rings is 2. The van der Waals surface area contributed by atoms with Crippen molar-refractivity contribution in [2.75, 3.05) is 19.6 Å². The first-order valence-electron chi connectivity index (χ1n) is 9.96. The largest absolute Gasteiger partial charge is 0.355 e. The molecule has 0 aliphatic heterocycles. The first-order chi connectivity index (χ1) is 12.8. The van der Waals surface area contributed by atoms with Crippen molar-refractivity contribution < 1.29 is 4.79 Å². The van der Waals surface area contributed by atoms with E-state index in [4.69, 9.17) is 0 Å². The maximum atomic E-state index is 12.2. The van der Waals surface area contributed by atoms with E-state index in [9.17, 15) is 4.79 Å². The Balaban J connectivity index is 1.31. The molecule has 3 heteroatoms. The summed E-state index contributed by atoms with van der Waals surface area (Å²) in [6.45, 7) is 2.21. The molecule has 1 amide bonds. The zero-order valence-corrected chi connectivity index (χ0v) is 15.1. The lowest BCUT2D eigenvalue weighted by molar-refractivity contribution is -0.120. The third-order valence-corrected chi connectivity index (χ3v) is 6.40. The molecular formula is C23H26N2O. The number of nitrogens with one attached hydrogen (secondary N) is 2. The van der Waals surface area contributed by atoms with Gasteiger partial charge in [-0.15, -0.1) is 0 Å². The molecule has 1 unspecified atom stereocenters. The van der Waals surface area contributed by atoms with Crippen molar-refractivity contribution in [1.82, 2.24) is 10.6 Å². The quantitative estimate of drug-likeness (QED) is 0.842. The molecule has 2 N–H and O–H groups in total.